The van der Waals surface area contributed by atoms with Crippen LogP contribution in [0, 0.1) is 5.92 Å². The van der Waals surface area contributed by atoms with Gasteiger partial charge in [0.05, 0.1) is 6.04 Å². The number of carbonyl (C=O) groups is 3. The van der Waals surface area contributed by atoms with E-state index in [1.54, 1.807) is 6.08 Å². The fourth-order valence-electron chi connectivity index (χ4n) is 3.50. The van der Waals surface area contributed by atoms with Crippen LogP contribution in [-0.4, -0.2) is 53.2 Å². The second-order valence-electron chi connectivity index (χ2n) is 7.58. The minimum absolute atomic E-state index is 0.248. The van der Waals surface area contributed by atoms with Gasteiger partial charge < -0.3 is 15.4 Å². The summed E-state index contributed by atoms with van der Waals surface area (Å²) in [5.74, 6) is -0.871. The number of nitrogens with zero attached hydrogens (tertiary/aromatic N) is 1. The molecule has 6 heteroatoms. The van der Waals surface area contributed by atoms with Gasteiger partial charge in [-0.15, -0.1) is 6.58 Å². The van der Waals surface area contributed by atoms with Gasteiger partial charge in [-0.2, -0.15) is 0 Å². The van der Waals surface area contributed by atoms with Crippen molar-refractivity contribution in [2.45, 2.75) is 64.6 Å². The quantitative estimate of drug-likeness (QED) is 0.541. The zero-order valence-electron chi connectivity index (χ0n) is 15.5. The van der Waals surface area contributed by atoms with Crippen molar-refractivity contribution in [3.8, 4) is 0 Å². The Kier molecular flexibility index (Phi) is 6.72. The molecular formula is C18H31N3O3. The summed E-state index contributed by atoms with van der Waals surface area (Å²) in [4.78, 5) is 38.7. The van der Waals surface area contributed by atoms with E-state index >= 15 is 0 Å². The lowest BCUT2D eigenvalue weighted by Crippen LogP contribution is -2.65. The smallest absolute Gasteiger partial charge is 0.247 e. The van der Waals surface area contributed by atoms with Crippen molar-refractivity contribution >= 4 is 18.1 Å². The number of aldehydes is 1. The Balaban J connectivity index is 3.35. The van der Waals surface area contributed by atoms with Crippen LogP contribution in [0.3, 0.4) is 0 Å². The first kappa shape index (κ1) is 20.4. The van der Waals surface area contributed by atoms with E-state index in [2.05, 4.69) is 17.2 Å². The maximum absolute atomic E-state index is 13.1. The second-order valence-corrected chi connectivity index (χ2v) is 7.58. The zero-order valence-corrected chi connectivity index (χ0v) is 15.5. The third kappa shape index (κ3) is 4.44. The molecule has 0 aromatic heterocycles. The Morgan fingerprint density at radius 1 is 1.38 bits per heavy atom. The summed E-state index contributed by atoms with van der Waals surface area (Å²) in [6, 6.07) is -0.416. The van der Waals surface area contributed by atoms with E-state index in [0.717, 1.165) is 12.7 Å². The van der Waals surface area contributed by atoms with Crippen LogP contribution in [0.5, 0.6) is 0 Å². The molecule has 2 unspecified atom stereocenters. The molecule has 0 radical (unpaired) electrons. The van der Waals surface area contributed by atoms with Gasteiger partial charge in [-0.1, -0.05) is 13.0 Å². The number of amides is 2. The average molecular weight is 337 g/mol. The fourth-order valence-corrected chi connectivity index (χ4v) is 3.50. The highest BCUT2D eigenvalue weighted by atomic mass is 16.2. The van der Waals surface area contributed by atoms with Gasteiger partial charge in [0.1, 0.15) is 11.8 Å². The van der Waals surface area contributed by atoms with E-state index in [4.69, 9.17) is 0 Å². The first-order valence-corrected chi connectivity index (χ1v) is 8.53. The molecule has 1 heterocycles. The second kappa shape index (κ2) is 7.92. The first-order chi connectivity index (χ1) is 11.1. The molecule has 3 atom stereocenters. The molecule has 1 rings (SSSR count). The Bertz CT molecular complexity index is 498. The highest BCUT2D eigenvalue weighted by molar-refractivity contribution is 5.93. The predicted molar refractivity (Wildman–Crippen MR) is 94.5 cm³/mol. The normalized spacial score (nSPS) is 27.5. The number of allylic oxidation sites excluding steroid dienone is 1. The van der Waals surface area contributed by atoms with Gasteiger partial charge in [0.15, 0.2) is 0 Å². The molecule has 6 nitrogen and oxygen atoms in total. The molecule has 0 aromatic rings. The van der Waals surface area contributed by atoms with Gasteiger partial charge in [0.25, 0.3) is 0 Å². The molecule has 24 heavy (non-hydrogen) atoms. The van der Waals surface area contributed by atoms with E-state index in [1.807, 2.05) is 32.6 Å². The lowest BCUT2D eigenvalue weighted by molar-refractivity contribution is -0.135. The van der Waals surface area contributed by atoms with Crippen LogP contribution >= 0.6 is 0 Å². The summed E-state index contributed by atoms with van der Waals surface area (Å²) in [5.41, 5.74) is -1.57. The zero-order chi connectivity index (χ0) is 18.5. The van der Waals surface area contributed by atoms with Crippen LogP contribution in [0.2, 0.25) is 0 Å². The van der Waals surface area contributed by atoms with Gasteiger partial charge in [-0.05, 0) is 40.2 Å². The van der Waals surface area contributed by atoms with Crippen molar-refractivity contribution in [1.29, 1.82) is 0 Å². The van der Waals surface area contributed by atoms with E-state index in [-0.39, 0.29) is 17.7 Å². The van der Waals surface area contributed by atoms with Crippen LogP contribution in [0.4, 0.5) is 0 Å². The van der Waals surface area contributed by atoms with Crippen LogP contribution < -0.4 is 10.6 Å². The Morgan fingerprint density at radius 2 is 2.00 bits per heavy atom. The van der Waals surface area contributed by atoms with Crippen LogP contribution in [0.15, 0.2) is 12.7 Å². The average Bonchev–Trinajstić information content (AvgIpc) is 2.71. The molecule has 1 aliphatic heterocycles. The first-order valence-electron chi connectivity index (χ1n) is 8.53. The molecule has 1 saturated heterocycles. The molecule has 0 aromatic carbocycles. The minimum Gasteiger partial charge on any atom is -0.349 e. The summed E-state index contributed by atoms with van der Waals surface area (Å²) >= 11 is 0. The van der Waals surface area contributed by atoms with Crippen molar-refractivity contribution in [2.24, 2.45) is 5.92 Å². The Hall–Kier alpha value is -1.69. The van der Waals surface area contributed by atoms with Crippen LogP contribution in [-0.2, 0) is 14.4 Å². The predicted octanol–water partition coefficient (Wildman–Crippen LogP) is 1.26. The highest BCUT2D eigenvalue weighted by Crippen LogP contribution is 2.36. The topological polar surface area (TPSA) is 78.5 Å². The molecule has 1 aliphatic rings. The van der Waals surface area contributed by atoms with Gasteiger partial charge in [-0.25, -0.2) is 0 Å². The number of hydrogen-bond donors (Lipinski definition) is 2. The van der Waals surface area contributed by atoms with Crippen molar-refractivity contribution in [1.82, 2.24) is 15.5 Å². The van der Waals surface area contributed by atoms with Crippen LogP contribution in [0.1, 0.15) is 47.5 Å². The third-order valence-electron chi connectivity index (χ3n) is 4.28. The van der Waals surface area contributed by atoms with E-state index in [0.29, 0.717) is 19.5 Å². The Morgan fingerprint density at radius 3 is 2.42 bits per heavy atom. The van der Waals surface area contributed by atoms with Gasteiger partial charge >= 0.3 is 0 Å². The molecule has 136 valence electrons. The molecule has 2 N–H and O–H groups in total. The summed E-state index contributed by atoms with van der Waals surface area (Å²) in [6.07, 6.45) is 3.93. The molecular weight excluding hydrogens is 306 g/mol. The fraction of sp³-hybridized carbons (Fsp3) is 0.722. The Labute approximate surface area is 145 Å². The molecule has 0 bridgehead atoms. The maximum Gasteiger partial charge on any atom is 0.247 e. The van der Waals surface area contributed by atoms with Gasteiger partial charge in [0.2, 0.25) is 11.8 Å². The summed E-state index contributed by atoms with van der Waals surface area (Å²) in [7, 11) is 0. The van der Waals surface area contributed by atoms with Gasteiger partial charge in [0, 0.05) is 24.9 Å². The summed E-state index contributed by atoms with van der Waals surface area (Å²) in [5, 5.41) is 5.84. The summed E-state index contributed by atoms with van der Waals surface area (Å²) in [6.45, 7) is 13.9. The summed E-state index contributed by atoms with van der Waals surface area (Å²) < 4.78 is 0. The van der Waals surface area contributed by atoms with Crippen LogP contribution in [0.25, 0.3) is 0 Å². The van der Waals surface area contributed by atoms with E-state index < -0.39 is 17.1 Å². The number of rotatable bonds is 7. The number of carbonyl (C=O) groups excluding carboxylic acids is 3. The van der Waals surface area contributed by atoms with Crippen molar-refractivity contribution in [2.75, 3.05) is 13.1 Å². The number of nitrogens with one attached hydrogen (secondary N) is 2. The lowest BCUT2D eigenvalue weighted by Gasteiger charge is -2.37. The number of likely N-dealkylation sites (tertiary alicyclic amines) is 1. The molecule has 0 saturated carbocycles. The monoisotopic (exact) mass is 337 g/mol. The lowest BCUT2D eigenvalue weighted by atomic mass is 9.79. The molecule has 2 amide bonds. The molecule has 0 spiro atoms. The number of hydrogen-bond acceptors (Lipinski definition) is 4. The van der Waals surface area contributed by atoms with Crippen molar-refractivity contribution in [3.05, 3.63) is 12.7 Å². The van der Waals surface area contributed by atoms with E-state index in [1.165, 1.54) is 6.92 Å². The van der Waals surface area contributed by atoms with Crippen molar-refractivity contribution < 1.29 is 14.4 Å². The van der Waals surface area contributed by atoms with E-state index in [9.17, 15) is 14.4 Å². The molecule has 1 fully saturated rings. The standard InChI is InChI=1S/C18H31N3O3/c1-7-9-14-15(11-22)21(10-8-2)12-18(14,19-13(3)23)16(24)20-17(4,5)6/h7,11,14-15H,1,8-10,12H2,2-6H3,(H,19,23)(H,20,24)/t14?,15-,18?/m1/s1. The largest absolute Gasteiger partial charge is 0.349 e. The van der Waals surface area contributed by atoms with Gasteiger partial charge in [-0.3, -0.25) is 14.5 Å². The SMILES string of the molecule is C=CCC1[C@@H](C=O)N(CCC)CC1(NC(C)=O)C(=O)NC(C)(C)C. The highest BCUT2D eigenvalue weighted by Gasteiger charge is 2.57. The maximum atomic E-state index is 13.1. The van der Waals surface area contributed by atoms with Crippen molar-refractivity contribution in [3.63, 3.8) is 0 Å². The third-order valence-corrected chi connectivity index (χ3v) is 4.28. The molecule has 0 aliphatic carbocycles. The minimum atomic E-state index is -1.13.